The van der Waals surface area contributed by atoms with E-state index in [4.69, 9.17) is 9.84 Å². The Morgan fingerprint density at radius 2 is 2.18 bits per heavy atom. The van der Waals surface area contributed by atoms with Crippen molar-refractivity contribution in [3.05, 3.63) is 17.0 Å². The number of nitrogens with one attached hydrogen (secondary N) is 1. The molecule has 0 fully saturated rings. The molecule has 1 aromatic rings. The number of aromatic amines is 1. The molecule has 1 aromatic heterocycles. The summed E-state index contributed by atoms with van der Waals surface area (Å²) >= 11 is 0. The number of methoxy groups -OCH3 is 1. The first-order valence-corrected chi connectivity index (χ1v) is 5.52. The summed E-state index contributed by atoms with van der Waals surface area (Å²) < 4.78 is 4.95. The zero-order chi connectivity index (χ0) is 12.8. The summed E-state index contributed by atoms with van der Waals surface area (Å²) in [7, 11) is 1.58. The second-order valence-corrected chi connectivity index (χ2v) is 3.82. The van der Waals surface area contributed by atoms with Crippen molar-refractivity contribution in [2.45, 2.75) is 13.8 Å². The Labute approximate surface area is 101 Å². The predicted octanol–water partition coefficient (Wildman–Crippen LogP) is 0.107. The third-order valence-electron chi connectivity index (χ3n) is 2.56. The Hall–Kier alpha value is -1.40. The third-order valence-corrected chi connectivity index (χ3v) is 2.56. The number of hydrogen-bond acceptors (Lipinski definition) is 4. The number of hydrogen-bond donors (Lipinski definition) is 2. The van der Waals surface area contributed by atoms with E-state index in [1.54, 1.807) is 25.9 Å². The quantitative estimate of drug-likeness (QED) is 0.741. The van der Waals surface area contributed by atoms with Crippen molar-refractivity contribution in [1.29, 1.82) is 0 Å². The number of carbonyl (C=O) groups is 1. The Balaban J connectivity index is 2.83. The number of aromatic nitrogens is 2. The summed E-state index contributed by atoms with van der Waals surface area (Å²) in [5.41, 5.74) is 2.00. The molecule has 6 heteroatoms. The van der Waals surface area contributed by atoms with Crippen LogP contribution in [0.3, 0.4) is 0 Å². The molecule has 96 valence electrons. The molecule has 2 N–H and O–H groups in total. The third kappa shape index (κ3) is 3.28. The molecule has 0 aliphatic heterocycles. The molecule has 0 saturated carbocycles. The Bertz CT molecular complexity index is 357. The van der Waals surface area contributed by atoms with E-state index in [9.17, 15) is 4.79 Å². The van der Waals surface area contributed by atoms with Crippen molar-refractivity contribution >= 4 is 5.91 Å². The van der Waals surface area contributed by atoms with Gasteiger partial charge in [0.2, 0.25) is 0 Å². The van der Waals surface area contributed by atoms with Crippen molar-refractivity contribution in [2.24, 2.45) is 0 Å². The van der Waals surface area contributed by atoms with Gasteiger partial charge in [0, 0.05) is 25.9 Å². The molecule has 0 spiro atoms. The summed E-state index contributed by atoms with van der Waals surface area (Å²) in [6.45, 7) is 4.73. The van der Waals surface area contributed by atoms with Gasteiger partial charge >= 0.3 is 0 Å². The Morgan fingerprint density at radius 3 is 2.65 bits per heavy atom. The number of nitrogens with zero attached hydrogens (tertiary/aromatic N) is 2. The van der Waals surface area contributed by atoms with Gasteiger partial charge in [-0.05, 0) is 13.8 Å². The van der Waals surface area contributed by atoms with Crippen LogP contribution in [0.1, 0.15) is 21.7 Å². The van der Waals surface area contributed by atoms with Crippen LogP contribution >= 0.6 is 0 Å². The summed E-state index contributed by atoms with van der Waals surface area (Å²) in [6.07, 6.45) is 0. The number of amides is 1. The minimum absolute atomic E-state index is 0.0641. The van der Waals surface area contributed by atoms with Gasteiger partial charge in [0.1, 0.15) is 0 Å². The summed E-state index contributed by atoms with van der Waals surface area (Å²) in [5, 5.41) is 15.7. The number of aryl methyl sites for hydroxylation is 2. The number of H-pyrrole nitrogens is 1. The lowest BCUT2D eigenvalue weighted by Crippen LogP contribution is -2.36. The van der Waals surface area contributed by atoms with Crippen LogP contribution < -0.4 is 0 Å². The van der Waals surface area contributed by atoms with Crippen LogP contribution in [-0.2, 0) is 4.74 Å². The van der Waals surface area contributed by atoms with E-state index < -0.39 is 0 Å². The number of rotatable bonds is 6. The highest BCUT2D eigenvalue weighted by Gasteiger charge is 2.21. The molecular formula is C11H19N3O3. The monoisotopic (exact) mass is 241 g/mol. The first kappa shape index (κ1) is 13.7. The number of aliphatic hydroxyl groups excluding tert-OH is 1. The van der Waals surface area contributed by atoms with E-state index in [0.717, 1.165) is 5.69 Å². The highest BCUT2D eigenvalue weighted by atomic mass is 16.5. The zero-order valence-electron chi connectivity index (χ0n) is 10.5. The molecule has 0 atom stereocenters. The fourth-order valence-electron chi connectivity index (χ4n) is 1.66. The molecule has 0 bridgehead atoms. The fraction of sp³-hybridized carbons (Fsp3) is 0.636. The van der Waals surface area contributed by atoms with Crippen molar-refractivity contribution in [1.82, 2.24) is 15.1 Å². The van der Waals surface area contributed by atoms with Crippen molar-refractivity contribution < 1.29 is 14.6 Å². The molecule has 0 unspecified atom stereocenters. The largest absolute Gasteiger partial charge is 0.395 e. The summed E-state index contributed by atoms with van der Waals surface area (Å²) in [4.78, 5) is 13.8. The summed E-state index contributed by atoms with van der Waals surface area (Å²) in [5.74, 6) is -0.125. The molecule has 17 heavy (non-hydrogen) atoms. The van der Waals surface area contributed by atoms with Gasteiger partial charge in [-0.3, -0.25) is 9.89 Å². The van der Waals surface area contributed by atoms with Gasteiger partial charge in [0.25, 0.3) is 5.91 Å². The second-order valence-electron chi connectivity index (χ2n) is 3.82. The van der Waals surface area contributed by atoms with Crippen LogP contribution in [0.2, 0.25) is 0 Å². The van der Waals surface area contributed by atoms with Crippen LogP contribution in [0, 0.1) is 13.8 Å². The average molecular weight is 241 g/mol. The first-order chi connectivity index (χ1) is 8.11. The molecular weight excluding hydrogens is 222 g/mol. The molecule has 0 aliphatic carbocycles. The standard InChI is InChI=1S/C11H19N3O3/c1-8-10(9(2)13-12-8)11(16)14(4-6-15)5-7-17-3/h15H,4-7H2,1-3H3,(H,12,13). The number of ether oxygens (including phenoxy) is 1. The molecule has 1 rings (SSSR count). The lowest BCUT2D eigenvalue weighted by atomic mass is 10.1. The van der Waals surface area contributed by atoms with E-state index >= 15 is 0 Å². The van der Waals surface area contributed by atoms with Crippen molar-refractivity contribution in [3.8, 4) is 0 Å². The van der Waals surface area contributed by atoms with E-state index in [1.165, 1.54) is 0 Å². The first-order valence-electron chi connectivity index (χ1n) is 5.52. The van der Waals surface area contributed by atoms with Crippen molar-refractivity contribution in [2.75, 3.05) is 33.4 Å². The van der Waals surface area contributed by atoms with Gasteiger partial charge in [-0.15, -0.1) is 0 Å². The lowest BCUT2D eigenvalue weighted by Gasteiger charge is -2.21. The molecule has 0 aliphatic rings. The molecule has 0 radical (unpaired) electrons. The van der Waals surface area contributed by atoms with Gasteiger partial charge in [-0.1, -0.05) is 0 Å². The molecule has 1 amide bonds. The van der Waals surface area contributed by atoms with Crippen molar-refractivity contribution in [3.63, 3.8) is 0 Å². The Kier molecular flexibility index (Phi) is 5.11. The predicted molar refractivity (Wildman–Crippen MR) is 62.9 cm³/mol. The van der Waals surface area contributed by atoms with Gasteiger partial charge in [0.05, 0.1) is 24.5 Å². The molecule has 6 nitrogen and oxygen atoms in total. The number of aliphatic hydroxyl groups is 1. The fourth-order valence-corrected chi connectivity index (χ4v) is 1.66. The summed E-state index contributed by atoms with van der Waals surface area (Å²) in [6, 6.07) is 0. The van der Waals surface area contributed by atoms with E-state index in [0.29, 0.717) is 31.0 Å². The van der Waals surface area contributed by atoms with Gasteiger partial charge in [-0.25, -0.2) is 0 Å². The normalized spacial score (nSPS) is 10.6. The molecule has 0 aromatic carbocycles. The zero-order valence-corrected chi connectivity index (χ0v) is 10.5. The van der Waals surface area contributed by atoms with Crippen LogP contribution in [0.5, 0.6) is 0 Å². The highest BCUT2D eigenvalue weighted by Crippen LogP contribution is 2.12. The van der Waals surface area contributed by atoms with E-state index in [2.05, 4.69) is 10.2 Å². The lowest BCUT2D eigenvalue weighted by molar-refractivity contribution is 0.0655. The smallest absolute Gasteiger partial charge is 0.257 e. The maximum absolute atomic E-state index is 12.2. The van der Waals surface area contributed by atoms with Crippen LogP contribution in [-0.4, -0.2) is 59.5 Å². The Morgan fingerprint density at radius 1 is 1.47 bits per heavy atom. The molecule has 1 heterocycles. The second kappa shape index (κ2) is 6.36. The van der Waals surface area contributed by atoms with Gasteiger partial charge < -0.3 is 14.7 Å². The SMILES string of the molecule is COCCN(CCO)C(=O)c1c(C)n[nH]c1C. The van der Waals surface area contributed by atoms with Crippen LogP contribution in [0.4, 0.5) is 0 Å². The maximum atomic E-state index is 12.2. The number of carbonyl (C=O) groups excluding carboxylic acids is 1. The molecule has 0 saturated heterocycles. The van der Waals surface area contributed by atoms with E-state index in [1.807, 2.05) is 0 Å². The topological polar surface area (TPSA) is 78.5 Å². The van der Waals surface area contributed by atoms with E-state index in [-0.39, 0.29) is 12.5 Å². The minimum Gasteiger partial charge on any atom is -0.395 e. The highest BCUT2D eigenvalue weighted by molar-refractivity contribution is 5.96. The van der Waals surface area contributed by atoms with Crippen LogP contribution in [0.25, 0.3) is 0 Å². The van der Waals surface area contributed by atoms with Crippen LogP contribution in [0.15, 0.2) is 0 Å². The maximum Gasteiger partial charge on any atom is 0.257 e. The van der Waals surface area contributed by atoms with Gasteiger partial charge in [-0.2, -0.15) is 5.10 Å². The average Bonchev–Trinajstić information content (AvgIpc) is 2.63. The van der Waals surface area contributed by atoms with Gasteiger partial charge in [0.15, 0.2) is 0 Å². The minimum atomic E-state index is -0.125.